The van der Waals surface area contributed by atoms with Gasteiger partial charge >= 0.3 is 5.97 Å². The van der Waals surface area contributed by atoms with Crippen LogP contribution < -0.4 is 33.8 Å². The van der Waals surface area contributed by atoms with Crippen LogP contribution in [0.25, 0.3) is 17.0 Å². The van der Waals surface area contributed by atoms with Crippen LogP contribution in [-0.4, -0.2) is 40.2 Å². The van der Waals surface area contributed by atoms with E-state index in [9.17, 15) is 14.4 Å². The number of carbonyl (C=O) groups is 2. The van der Waals surface area contributed by atoms with Gasteiger partial charge in [0.25, 0.3) is 0 Å². The molecule has 0 bridgehead atoms. The van der Waals surface area contributed by atoms with Gasteiger partial charge in [0.05, 0.1) is 52.1 Å². The summed E-state index contributed by atoms with van der Waals surface area (Å²) in [5.74, 6) is 0.551. The van der Waals surface area contributed by atoms with E-state index in [1.165, 1.54) is 52.9 Å². The molecular formula is C31H24O10. The molecule has 3 heterocycles. The Morgan fingerprint density at radius 3 is 2.32 bits per heavy atom. The van der Waals surface area contributed by atoms with Crippen molar-refractivity contribution in [3.63, 3.8) is 0 Å². The molecule has 4 aromatic rings. The minimum absolute atomic E-state index is 0.0184. The molecule has 0 fully saturated rings. The van der Waals surface area contributed by atoms with E-state index in [1.54, 1.807) is 30.3 Å². The van der Waals surface area contributed by atoms with Crippen LogP contribution >= 0.6 is 0 Å². The summed E-state index contributed by atoms with van der Waals surface area (Å²) in [7, 11) is 6.01. The summed E-state index contributed by atoms with van der Waals surface area (Å²) in [4.78, 5) is 39.7. The van der Waals surface area contributed by atoms with E-state index >= 15 is 0 Å². The molecule has 3 aromatic carbocycles. The predicted molar refractivity (Wildman–Crippen MR) is 147 cm³/mol. The molecule has 208 valence electrons. The fourth-order valence-electron chi connectivity index (χ4n) is 5.17. The molecule has 0 amide bonds. The molecule has 2 aliphatic rings. The van der Waals surface area contributed by atoms with Gasteiger partial charge in [0, 0.05) is 28.7 Å². The zero-order valence-corrected chi connectivity index (χ0v) is 22.6. The van der Waals surface area contributed by atoms with Crippen LogP contribution in [0.2, 0.25) is 0 Å². The molecule has 0 spiro atoms. The lowest BCUT2D eigenvalue weighted by Gasteiger charge is -2.25. The molecule has 0 radical (unpaired) electrons. The van der Waals surface area contributed by atoms with E-state index in [-0.39, 0.29) is 46.0 Å². The van der Waals surface area contributed by atoms with Crippen molar-refractivity contribution in [1.29, 1.82) is 0 Å². The van der Waals surface area contributed by atoms with Crippen molar-refractivity contribution in [2.45, 2.75) is 12.3 Å². The lowest BCUT2D eigenvalue weighted by atomic mass is 9.85. The Labute approximate surface area is 233 Å². The SMILES string of the molecule is COc1ccc2occ(C3CC(=O)Oc4ccc5c(c43)O/C(=C\c3cc(OC)c(OC)cc3OC)C5=O)c(=O)c2c1. The van der Waals surface area contributed by atoms with E-state index < -0.39 is 11.9 Å². The van der Waals surface area contributed by atoms with E-state index in [1.807, 2.05) is 0 Å². The summed E-state index contributed by atoms with van der Waals surface area (Å²) in [5.41, 5.74) is 1.46. The van der Waals surface area contributed by atoms with Gasteiger partial charge in [0.2, 0.25) is 5.78 Å². The summed E-state index contributed by atoms with van der Waals surface area (Å²) < 4.78 is 38.9. The Morgan fingerprint density at radius 1 is 0.829 bits per heavy atom. The standard InChI is InChI=1S/C31H24O10/c1-35-16-5-7-21-19(11-16)29(33)20(14-39-21)18-12-27(32)40-22-8-6-17-30(34)26(41-31(17)28(18)22)10-15-9-24(37-3)25(38-4)13-23(15)36-2/h5-11,13-14,18H,12H2,1-4H3/b26-10-. The highest BCUT2D eigenvalue weighted by molar-refractivity contribution is 6.15. The van der Waals surface area contributed by atoms with Gasteiger partial charge in [-0.1, -0.05) is 0 Å². The quantitative estimate of drug-likeness (QED) is 0.185. The zero-order valence-electron chi connectivity index (χ0n) is 22.6. The molecular weight excluding hydrogens is 532 g/mol. The summed E-state index contributed by atoms with van der Waals surface area (Å²) in [5, 5.41) is 0.299. The van der Waals surface area contributed by atoms with Crippen LogP contribution in [0.1, 0.15) is 39.4 Å². The number of esters is 1. The number of ether oxygens (including phenoxy) is 6. The van der Waals surface area contributed by atoms with Gasteiger partial charge in [-0.15, -0.1) is 0 Å². The first-order valence-corrected chi connectivity index (χ1v) is 12.6. The molecule has 41 heavy (non-hydrogen) atoms. The molecule has 2 aliphatic heterocycles. The van der Waals surface area contributed by atoms with Crippen molar-refractivity contribution in [1.82, 2.24) is 0 Å². The highest BCUT2D eigenvalue weighted by Crippen LogP contribution is 2.49. The monoisotopic (exact) mass is 556 g/mol. The highest BCUT2D eigenvalue weighted by atomic mass is 16.5. The van der Waals surface area contributed by atoms with E-state index in [4.69, 9.17) is 32.8 Å². The third-order valence-electron chi connectivity index (χ3n) is 7.18. The first-order chi connectivity index (χ1) is 19.9. The number of methoxy groups -OCH3 is 4. The maximum Gasteiger partial charge on any atom is 0.312 e. The van der Waals surface area contributed by atoms with Gasteiger partial charge in [0.15, 0.2) is 22.7 Å². The van der Waals surface area contributed by atoms with Crippen molar-refractivity contribution in [2.24, 2.45) is 0 Å². The van der Waals surface area contributed by atoms with Crippen molar-refractivity contribution in [2.75, 3.05) is 28.4 Å². The first kappa shape index (κ1) is 26.0. The average Bonchev–Trinajstić information content (AvgIpc) is 3.31. The Morgan fingerprint density at radius 2 is 1.59 bits per heavy atom. The molecule has 10 nitrogen and oxygen atoms in total. The van der Waals surface area contributed by atoms with Crippen LogP contribution in [0, 0.1) is 0 Å². The maximum atomic E-state index is 13.6. The number of carbonyl (C=O) groups excluding carboxylic acids is 2. The smallest absolute Gasteiger partial charge is 0.312 e. The van der Waals surface area contributed by atoms with Crippen molar-refractivity contribution in [3.05, 3.63) is 87.0 Å². The third-order valence-corrected chi connectivity index (χ3v) is 7.18. The molecule has 0 aliphatic carbocycles. The fraction of sp³-hybridized carbons (Fsp3) is 0.194. The predicted octanol–water partition coefficient (Wildman–Crippen LogP) is 4.88. The summed E-state index contributed by atoms with van der Waals surface area (Å²) in [6.45, 7) is 0. The lowest BCUT2D eigenvalue weighted by Crippen LogP contribution is -2.25. The van der Waals surface area contributed by atoms with E-state index in [0.29, 0.717) is 45.1 Å². The zero-order chi connectivity index (χ0) is 28.8. The van der Waals surface area contributed by atoms with E-state index in [0.717, 1.165) is 0 Å². The van der Waals surface area contributed by atoms with Crippen molar-refractivity contribution >= 4 is 28.8 Å². The number of Topliss-reactive ketones (excluding diaryl/α,β-unsaturated/α-hetero) is 1. The molecule has 1 aromatic heterocycles. The largest absolute Gasteiger partial charge is 0.497 e. The van der Waals surface area contributed by atoms with E-state index in [2.05, 4.69) is 0 Å². The average molecular weight is 557 g/mol. The molecule has 0 saturated heterocycles. The number of allylic oxidation sites excluding steroid dienone is 1. The highest BCUT2D eigenvalue weighted by Gasteiger charge is 2.40. The van der Waals surface area contributed by atoms with Crippen LogP contribution in [0.5, 0.6) is 34.5 Å². The number of hydrogen-bond donors (Lipinski definition) is 0. The maximum absolute atomic E-state index is 13.6. The summed E-state index contributed by atoms with van der Waals surface area (Å²) in [6, 6.07) is 11.3. The lowest BCUT2D eigenvalue weighted by molar-refractivity contribution is -0.135. The second-order valence-corrected chi connectivity index (χ2v) is 9.36. The summed E-state index contributed by atoms with van der Waals surface area (Å²) >= 11 is 0. The number of fused-ring (bicyclic) bond motifs is 4. The minimum Gasteiger partial charge on any atom is -0.497 e. The molecule has 0 saturated carbocycles. The topological polar surface area (TPSA) is 120 Å². The molecule has 1 atom stereocenters. The fourth-order valence-corrected chi connectivity index (χ4v) is 5.17. The van der Waals surface area contributed by atoms with Gasteiger partial charge in [-0.25, -0.2) is 0 Å². The Balaban J connectivity index is 1.48. The summed E-state index contributed by atoms with van der Waals surface area (Å²) in [6.07, 6.45) is 2.73. The molecule has 10 heteroatoms. The van der Waals surface area contributed by atoms with Crippen molar-refractivity contribution in [3.8, 4) is 34.5 Å². The minimum atomic E-state index is -0.782. The number of benzene rings is 3. The second-order valence-electron chi connectivity index (χ2n) is 9.36. The Hall–Kier alpha value is -5.25. The number of ketones is 1. The number of hydrogen-bond acceptors (Lipinski definition) is 10. The van der Waals surface area contributed by atoms with Gasteiger partial charge in [-0.05, 0) is 42.5 Å². The van der Waals surface area contributed by atoms with Crippen molar-refractivity contribution < 1.29 is 42.4 Å². The van der Waals surface area contributed by atoms with Gasteiger partial charge in [-0.3, -0.25) is 14.4 Å². The normalized spacial score (nSPS) is 16.6. The first-order valence-electron chi connectivity index (χ1n) is 12.6. The van der Waals surface area contributed by atoms with Gasteiger partial charge in [-0.2, -0.15) is 0 Å². The Bertz CT molecular complexity index is 1830. The Kier molecular flexibility index (Phi) is 6.37. The van der Waals surface area contributed by atoms with Gasteiger partial charge in [0.1, 0.15) is 28.6 Å². The van der Waals surface area contributed by atoms with Crippen LogP contribution in [0.4, 0.5) is 0 Å². The molecule has 1 unspecified atom stereocenters. The number of rotatable bonds is 6. The molecule has 6 rings (SSSR count). The molecule has 0 N–H and O–H groups in total. The second kappa shape index (κ2) is 10.1. The van der Waals surface area contributed by atoms with Gasteiger partial charge < -0.3 is 32.8 Å². The van der Waals surface area contributed by atoms with Crippen LogP contribution in [-0.2, 0) is 4.79 Å². The van der Waals surface area contributed by atoms with Crippen LogP contribution in [0.15, 0.2) is 63.7 Å². The van der Waals surface area contributed by atoms with Crippen LogP contribution in [0.3, 0.4) is 0 Å². The third kappa shape index (κ3) is 4.24.